The van der Waals surface area contributed by atoms with Gasteiger partial charge in [-0.1, -0.05) is 12.1 Å². The molecule has 4 aromatic rings. The van der Waals surface area contributed by atoms with Crippen LogP contribution >= 0.6 is 11.3 Å². The number of anilines is 1. The van der Waals surface area contributed by atoms with Crippen LogP contribution in [-0.4, -0.2) is 28.0 Å². The molecule has 4 nitrogen and oxygen atoms in total. The molecule has 3 heterocycles. The second-order valence-corrected chi connectivity index (χ2v) is 7.70. The van der Waals surface area contributed by atoms with Gasteiger partial charge < -0.3 is 4.90 Å². The Kier molecular flexibility index (Phi) is 3.78. The van der Waals surface area contributed by atoms with Crippen LogP contribution < -0.4 is 4.90 Å². The van der Waals surface area contributed by atoms with Crippen molar-refractivity contribution in [3.8, 4) is 0 Å². The van der Waals surface area contributed by atoms with Crippen LogP contribution in [0.5, 0.6) is 0 Å². The van der Waals surface area contributed by atoms with E-state index in [2.05, 4.69) is 33.1 Å². The molecular formula is C20H17FN4S. The summed E-state index contributed by atoms with van der Waals surface area (Å²) in [5.41, 5.74) is 1.87. The highest BCUT2D eigenvalue weighted by molar-refractivity contribution is 7.18. The van der Waals surface area contributed by atoms with E-state index in [1.165, 1.54) is 21.8 Å². The van der Waals surface area contributed by atoms with E-state index in [1.54, 1.807) is 23.7 Å². The number of para-hydroxylation sites is 1. The summed E-state index contributed by atoms with van der Waals surface area (Å²) in [6.45, 7) is 1.78. The summed E-state index contributed by atoms with van der Waals surface area (Å²) < 4.78 is 14.9. The lowest BCUT2D eigenvalue weighted by atomic mass is 9.97. The maximum Gasteiger partial charge on any atom is 0.139 e. The normalized spacial score (nSPS) is 15.8. The summed E-state index contributed by atoms with van der Waals surface area (Å²) in [5.74, 6) is 1.06. The van der Waals surface area contributed by atoms with E-state index in [4.69, 9.17) is 4.98 Å². The van der Waals surface area contributed by atoms with Crippen molar-refractivity contribution in [1.82, 2.24) is 15.0 Å². The van der Waals surface area contributed by atoms with Gasteiger partial charge in [-0.3, -0.25) is 0 Å². The first-order valence-electron chi connectivity index (χ1n) is 8.78. The zero-order chi connectivity index (χ0) is 17.5. The van der Waals surface area contributed by atoms with Crippen molar-refractivity contribution in [2.24, 2.45) is 0 Å². The summed E-state index contributed by atoms with van der Waals surface area (Å²) in [4.78, 5) is 15.8. The van der Waals surface area contributed by atoms with Gasteiger partial charge in [0.2, 0.25) is 0 Å². The molecule has 0 unspecified atom stereocenters. The molecule has 0 radical (unpaired) electrons. The van der Waals surface area contributed by atoms with Crippen LogP contribution in [0.1, 0.15) is 23.8 Å². The van der Waals surface area contributed by atoms with Gasteiger partial charge in [0.05, 0.1) is 20.7 Å². The molecule has 2 aromatic heterocycles. The highest BCUT2D eigenvalue weighted by Gasteiger charge is 2.25. The quantitative estimate of drug-likeness (QED) is 0.514. The lowest BCUT2D eigenvalue weighted by Crippen LogP contribution is -2.33. The predicted octanol–water partition coefficient (Wildman–Crippen LogP) is 4.76. The highest BCUT2D eigenvalue weighted by atomic mass is 32.1. The van der Waals surface area contributed by atoms with Crippen LogP contribution in [0, 0.1) is 5.82 Å². The molecule has 0 bridgehead atoms. The van der Waals surface area contributed by atoms with Crippen molar-refractivity contribution in [2.75, 3.05) is 18.0 Å². The summed E-state index contributed by atoms with van der Waals surface area (Å²) in [6.07, 6.45) is 3.62. The van der Waals surface area contributed by atoms with Crippen molar-refractivity contribution < 1.29 is 4.39 Å². The van der Waals surface area contributed by atoms with Gasteiger partial charge in [-0.25, -0.2) is 19.3 Å². The molecule has 1 aliphatic rings. The number of halogens is 1. The van der Waals surface area contributed by atoms with E-state index in [0.717, 1.165) is 48.2 Å². The zero-order valence-corrected chi connectivity index (χ0v) is 14.9. The van der Waals surface area contributed by atoms with Gasteiger partial charge >= 0.3 is 0 Å². The minimum Gasteiger partial charge on any atom is -0.356 e. The molecule has 26 heavy (non-hydrogen) atoms. The van der Waals surface area contributed by atoms with E-state index in [9.17, 15) is 4.39 Å². The molecule has 1 saturated heterocycles. The Morgan fingerprint density at radius 1 is 1.00 bits per heavy atom. The third-order valence-electron chi connectivity index (χ3n) is 5.03. The number of rotatable bonds is 2. The third kappa shape index (κ3) is 2.70. The Balaban J connectivity index is 1.39. The second kappa shape index (κ2) is 6.29. The van der Waals surface area contributed by atoms with E-state index >= 15 is 0 Å². The van der Waals surface area contributed by atoms with Gasteiger partial charge in [-0.15, -0.1) is 11.3 Å². The van der Waals surface area contributed by atoms with Crippen molar-refractivity contribution >= 4 is 38.3 Å². The lowest BCUT2D eigenvalue weighted by Gasteiger charge is -2.32. The van der Waals surface area contributed by atoms with Gasteiger partial charge in [0, 0.05) is 24.4 Å². The average molecular weight is 364 g/mol. The van der Waals surface area contributed by atoms with Crippen LogP contribution in [0.2, 0.25) is 0 Å². The molecule has 6 heteroatoms. The topological polar surface area (TPSA) is 41.9 Å². The number of nitrogens with zero attached hydrogens (tertiary/aromatic N) is 4. The van der Waals surface area contributed by atoms with Crippen LogP contribution in [0.25, 0.3) is 21.1 Å². The van der Waals surface area contributed by atoms with Gasteiger partial charge in [0.15, 0.2) is 0 Å². The van der Waals surface area contributed by atoms with Crippen molar-refractivity contribution in [1.29, 1.82) is 0 Å². The first-order valence-corrected chi connectivity index (χ1v) is 9.60. The van der Waals surface area contributed by atoms with Crippen LogP contribution in [0.3, 0.4) is 0 Å². The number of thiazole rings is 1. The first-order chi connectivity index (χ1) is 12.8. The molecule has 0 N–H and O–H groups in total. The highest BCUT2D eigenvalue weighted by Crippen LogP contribution is 2.35. The SMILES string of the molecule is Fc1ccc2ncnc(N3CCC(c4nc5ccccc5s4)CC3)c2c1. The fraction of sp³-hybridized carbons (Fsp3) is 0.250. The maximum absolute atomic E-state index is 13.7. The standard InChI is InChI=1S/C20H17FN4S/c21-14-5-6-16-15(11-14)19(23-12-22-16)25-9-7-13(8-10-25)20-24-17-3-1-2-4-18(17)26-20/h1-6,11-13H,7-10H2. The number of benzene rings is 2. The van der Waals surface area contributed by atoms with Gasteiger partial charge in [-0.05, 0) is 43.2 Å². The minimum atomic E-state index is -0.252. The van der Waals surface area contributed by atoms with Gasteiger partial charge in [0.1, 0.15) is 18.0 Å². The third-order valence-corrected chi connectivity index (χ3v) is 6.23. The molecule has 0 amide bonds. The fourth-order valence-corrected chi connectivity index (χ4v) is 4.81. The Hall–Kier alpha value is -2.60. The number of hydrogen-bond donors (Lipinski definition) is 0. The zero-order valence-electron chi connectivity index (χ0n) is 14.1. The average Bonchev–Trinajstić information content (AvgIpc) is 3.12. The molecule has 1 aliphatic heterocycles. The maximum atomic E-state index is 13.7. The Bertz CT molecular complexity index is 1050. The smallest absolute Gasteiger partial charge is 0.139 e. The Morgan fingerprint density at radius 2 is 1.85 bits per heavy atom. The molecule has 0 aliphatic carbocycles. The number of fused-ring (bicyclic) bond motifs is 2. The van der Waals surface area contributed by atoms with Crippen LogP contribution in [-0.2, 0) is 0 Å². The van der Waals surface area contributed by atoms with Crippen molar-refractivity contribution in [3.63, 3.8) is 0 Å². The molecule has 130 valence electrons. The summed E-state index contributed by atoms with van der Waals surface area (Å²) in [7, 11) is 0. The number of hydrogen-bond acceptors (Lipinski definition) is 5. The van der Waals surface area contributed by atoms with Gasteiger partial charge in [0.25, 0.3) is 0 Å². The molecule has 0 atom stereocenters. The summed E-state index contributed by atoms with van der Waals surface area (Å²) >= 11 is 1.80. The summed E-state index contributed by atoms with van der Waals surface area (Å²) in [5, 5.41) is 2.01. The van der Waals surface area contributed by atoms with E-state index < -0.39 is 0 Å². The molecule has 2 aromatic carbocycles. The minimum absolute atomic E-state index is 0.252. The number of piperidine rings is 1. The van der Waals surface area contributed by atoms with Gasteiger partial charge in [-0.2, -0.15) is 0 Å². The van der Waals surface area contributed by atoms with E-state index in [0.29, 0.717) is 5.92 Å². The fourth-order valence-electron chi connectivity index (χ4n) is 3.67. The van der Waals surface area contributed by atoms with Crippen LogP contribution in [0.4, 0.5) is 10.2 Å². The molecule has 1 fully saturated rings. The largest absolute Gasteiger partial charge is 0.356 e. The van der Waals surface area contributed by atoms with Crippen molar-refractivity contribution in [2.45, 2.75) is 18.8 Å². The molecule has 0 spiro atoms. The van der Waals surface area contributed by atoms with Crippen LogP contribution in [0.15, 0.2) is 48.8 Å². The summed E-state index contributed by atoms with van der Waals surface area (Å²) in [6, 6.07) is 13.0. The lowest BCUT2D eigenvalue weighted by molar-refractivity contribution is 0.502. The molecule has 0 saturated carbocycles. The van der Waals surface area contributed by atoms with E-state index in [-0.39, 0.29) is 5.82 Å². The van der Waals surface area contributed by atoms with Crippen molar-refractivity contribution in [3.05, 3.63) is 59.6 Å². The Labute approximate surface area is 154 Å². The molecule has 5 rings (SSSR count). The first kappa shape index (κ1) is 15.6. The van der Waals surface area contributed by atoms with E-state index in [1.807, 2.05) is 6.07 Å². The predicted molar refractivity (Wildman–Crippen MR) is 103 cm³/mol. The Morgan fingerprint density at radius 3 is 2.69 bits per heavy atom. The number of aromatic nitrogens is 3. The second-order valence-electron chi connectivity index (χ2n) is 6.64. The monoisotopic (exact) mass is 364 g/mol. The molecular weight excluding hydrogens is 347 g/mol.